The van der Waals surface area contributed by atoms with Crippen molar-refractivity contribution in [3.63, 3.8) is 0 Å². The smallest absolute Gasteiger partial charge is 0.354 e. The third kappa shape index (κ3) is 3.07. The highest BCUT2D eigenvalue weighted by Gasteiger charge is 2.17. The highest BCUT2D eigenvalue weighted by Crippen LogP contribution is 2.21. The zero-order valence-corrected chi connectivity index (χ0v) is 10.3. The molecule has 0 saturated carbocycles. The molecule has 2 rings (SSSR count). The maximum Gasteiger partial charge on any atom is 0.354 e. The second kappa shape index (κ2) is 5.78. The molecule has 0 amide bonds. The molecule has 0 unspecified atom stereocenters. The molecule has 104 valence electrons. The lowest BCUT2D eigenvalue weighted by Gasteiger charge is -2.07. The Hall–Kier alpha value is -2.97. The fourth-order valence-corrected chi connectivity index (χ4v) is 1.57. The van der Waals surface area contributed by atoms with Crippen molar-refractivity contribution in [3.05, 3.63) is 46.4 Å². The van der Waals surface area contributed by atoms with Crippen LogP contribution in [0.5, 0.6) is 0 Å². The number of aromatic carboxylic acids is 1. The monoisotopic (exact) mass is 277 g/mol. The van der Waals surface area contributed by atoms with Crippen LogP contribution in [0.4, 0.5) is 11.5 Å². The van der Waals surface area contributed by atoms with Gasteiger partial charge in [-0.25, -0.2) is 9.78 Å². The van der Waals surface area contributed by atoms with Crippen molar-refractivity contribution in [2.45, 2.75) is 6.54 Å². The summed E-state index contributed by atoms with van der Waals surface area (Å²) in [5.74, 6) is -1.31. The standard InChI is InChI=1S/C11H11N5O4/c17-11(18)8-2-3-9(16(19)20)10(14-8)12-5-7-15-6-1-4-13-15/h1-4,6H,5,7H2,(H,12,14)(H,17,18). The van der Waals surface area contributed by atoms with Gasteiger partial charge in [0.25, 0.3) is 0 Å². The van der Waals surface area contributed by atoms with E-state index in [-0.39, 0.29) is 17.2 Å². The van der Waals surface area contributed by atoms with Gasteiger partial charge in [0.05, 0.1) is 11.5 Å². The van der Waals surface area contributed by atoms with Crippen molar-refractivity contribution in [2.75, 3.05) is 11.9 Å². The first kappa shape index (κ1) is 13.5. The number of hydrogen-bond donors (Lipinski definition) is 2. The number of nitrogens with zero attached hydrogens (tertiary/aromatic N) is 4. The van der Waals surface area contributed by atoms with Crippen LogP contribution in [0.15, 0.2) is 30.6 Å². The number of carbonyl (C=O) groups is 1. The Balaban J connectivity index is 2.13. The number of carboxylic acids is 1. The summed E-state index contributed by atoms with van der Waals surface area (Å²) in [4.78, 5) is 24.8. The molecule has 0 bridgehead atoms. The molecule has 2 N–H and O–H groups in total. The highest BCUT2D eigenvalue weighted by molar-refractivity contribution is 5.86. The van der Waals surface area contributed by atoms with Gasteiger partial charge in [0, 0.05) is 25.0 Å². The first-order chi connectivity index (χ1) is 9.58. The molecule has 0 atom stereocenters. The van der Waals surface area contributed by atoms with E-state index in [1.807, 2.05) is 0 Å². The number of carboxylic acid groups (broad SMARTS) is 1. The maximum atomic E-state index is 10.9. The average molecular weight is 277 g/mol. The minimum atomic E-state index is -1.24. The summed E-state index contributed by atoms with van der Waals surface area (Å²) in [6.07, 6.45) is 3.36. The van der Waals surface area contributed by atoms with Crippen LogP contribution in [0.1, 0.15) is 10.5 Å². The van der Waals surface area contributed by atoms with Gasteiger partial charge in [-0.2, -0.15) is 5.10 Å². The number of nitrogens with one attached hydrogen (secondary N) is 1. The molecular formula is C11H11N5O4. The molecule has 0 spiro atoms. The van der Waals surface area contributed by atoms with Crippen LogP contribution in [0.3, 0.4) is 0 Å². The summed E-state index contributed by atoms with van der Waals surface area (Å²) < 4.78 is 1.64. The molecule has 0 fully saturated rings. The Kier molecular flexibility index (Phi) is 3.89. The van der Waals surface area contributed by atoms with Gasteiger partial charge >= 0.3 is 11.7 Å². The first-order valence-corrected chi connectivity index (χ1v) is 5.68. The van der Waals surface area contributed by atoms with Crippen molar-refractivity contribution in [3.8, 4) is 0 Å². The zero-order valence-electron chi connectivity index (χ0n) is 10.3. The van der Waals surface area contributed by atoms with Crippen LogP contribution in [0, 0.1) is 10.1 Å². The molecule has 0 aliphatic heterocycles. The zero-order chi connectivity index (χ0) is 14.5. The third-order valence-corrected chi connectivity index (χ3v) is 2.48. The molecule has 20 heavy (non-hydrogen) atoms. The molecule has 2 aromatic rings. The predicted octanol–water partition coefficient (Wildman–Crippen LogP) is 0.997. The van der Waals surface area contributed by atoms with Crippen LogP contribution in [0.2, 0.25) is 0 Å². The molecule has 0 radical (unpaired) electrons. The van der Waals surface area contributed by atoms with Gasteiger partial charge < -0.3 is 10.4 Å². The van der Waals surface area contributed by atoms with Crippen molar-refractivity contribution in [1.29, 1.82) is 0 Å². The first-order valence-electron chi connectivity index (χ1n) is 5.68. The predicted molar refractivity (Wildman–Crippen MR) is 68.6 cm³/mol. The lowest BCUT2D eigenvalue weighted by Crippen LogP contribution is -2.14. The van der Waals surface area contributed by atoms with E-state index in [4.69, 9.17) is 5.11 Å². The SMILES string of the molecule is O=C(O)c1ccc([N+](=O)[O-])c(NCCn2cccn2)n1. The van der Waals surface area contributed by atoms with E-state index in [1.54, 1.807) is 23.1 Å². The Morgan fingerprint density at radius 1 is 1.50 bits per heavy atom. The van der Waals surface area contributed by atoms with E-state index >= 15 is 0 Å². The Labute approximate surface area is 113 Å². The quantitative estimate of drug-likeness (QED) is 0.596. The third-order valence-electron chi connectivity index (χ3n) is 2.48. The second-order valence-corrected chi connectivity index (χ2v) is 3.82. The lowest BCUT2D eigenvalue weighted by atomic mass is 10.3. The molecule has 2 heterocycles. The van der Waals surface area contributed by atoms with E-state index in [9.17, 15) is 14.9 Å². The Morgan fingerprint density at radius 2 is 2.30 bits per heavy atom. The number of nitro groups is 1. The molecule has 0 aliphatic rings. The van der Waals surface area contributed by atoms with E-state index < -0.39 is 10.9 Å². The summed E-state index contributed by atoms with van der Waals surface area (Å²) in [5.41, 5.74) is -0.521. The van der Waals surface area contributed by atoms with E-state index in [2.05, 4.69) is 15.4 Å². The van der Waals surface area contributed by atoms with Crippen LogP contribution < -0.4 is 5.32 Å². The lowest BCUT2D eigenvalue weighted by molar-refractivity contribution is -0.384. The molecule has 2 aromatic heterocycles. The van der Waals surface area contributed by atoms with Crippen molar-refractivity contribution in [2.24, 2.45) is 0 Å². The van der Waals surface area contributed by atoms with E-state index in [1.165, 1.54) is 0 Å². The number of rotatable bonds is 6. The number of pyridine rings is 1. The van der Waals surface area contributed by atoms with Crippen LogP contribution in [0.25, 0.3) is 0 Å². The second-order valence-electron chi connectivity index (χ2n) is 3.82. The minimum Gasteiger partial charge on any atom is -0.477 e. The summed E-state index contributed by atoms with van der Waals surface area (Å²) >= 11 is 0. The fraction of sp³-hybridized carbons (Fsp3) is 0.182. The molecule has 9 nitrogen and oxygen atoms in total. The maximum absolute atomic E-state index is 10.9. The summed E-state index contributed by atoms with van der Waals surface area (Å²) in [6, 6.07) is 3.97. The van der Waals surface area contributed by atoms with Gasteiger partial charge in [-0.1, -0.05) is 0 Å². The minimum absolute atomic E-state index is 0.0675. The van der Waals surface area contributed by atoms with E-state index in [0.717, 1.165) is 12.1 Å². The highest BCUT2D eigenvalue weighted by atomic mass is 16.6. The molecule has 0 saturated heterocycles. The fourth-order valence-electron chi connectivity index (χ4n) is 1.57. The van der Waals surface area contributed by atoms with Crippen molar-refractivity contribution in [1.82, 2.24) is 14.8 Å². The topological polar surface area (TPSA) is 123 Å². The van der Waals surface area contributed by atoms with Gasteiger partial charge in [0.2, 0.25) is 5.82 Å². The van der Waals surface area contributed by atoms with Crippen LogP contribution >= 0.6 is 0 Å². The van der Waals surface area contributed by atoms with Gasteiger partial charge in [0.15, 0.2) is 5.69 Å². The summed E-state index contributed by atoms with van der Waals surface area (Å²) in [6.45, 7) is 0.807. The van der Waals surface area contributed by atoms with E-state index in [0.29, 0.717) is 13.1 Å². The number of hydrogen-bond acceptors (Lipinski definition) is 6. The molecule has 0 aliphatic carbocycles. The molecular weight excluding hydrogens is 266 g/mol. The Bertz CT molecular complexity index is 626. The normalized spacial score (nSPS) is 10.2. The van der Waals surface area contributed by atoms with Gasteiger partial charge in [-0.3, -0.25) is 14.8 Å². The Morgan fingerprint density at radius 3 is 2.90 bits per heavy atom. The summed E-state index contributed by atoms with van der Waals surface area (Å²) in [7, 11) is 0. The largest absolute Gasteiger partial charge is 0.477 e. The van der Waals surface area contributed by atoms with Crippen molar-refractivity contribution >= 4 is 17.5 Å². The number of anilines is 1. The molecule has 9 heteroatoms. The van der Waals surface area contributed by atoms with Crippen LogP contribution in [-0.2, 0) is 6.54 Å². The van der Waals surface area contributed by atoms with Gasteiger partial charge in [-0.15, -0.1) is 0 Å². The van der Waals surface area contributed by atoms with Gasteiger partial charge in [-0.05, 0) is 12.1 Å². The van der Waals surface area contributed by atoms with Crippen LogP contribution in [-0.4, -0.2) is 37.3 Å². The number of aromatic nitrogens is 3. The van der Waals surface area contributed by atoms with Gasteiger partial charge in [0.1, 0.15) is 0 Å². The van der Waals surface area contributed by atoms with Crippen molar-refractivity contribution < 1.29 is 14.8 Å². The average Bonchev–Trinajstić information content (AvgIpc) is 2.91. The molecule has 0 aromatic carbocycles. The summed E-state index contributed by atoms with van der Waals surface area (Å²) in [5, 5.41) is 26.4.